The van der Waals surface area contributed by atoms with Gasteiger partial charge in [-0.2, -0.15) is 0 Å². The zero-order valence-electron chi connectivity index (χ0n) is 11.1. The lowest BCUT2D eigenvalue weighted by Crippen LogP contribution is -2.24. The molecule has 0 saturated carbocycles. The number of carbonyl (C=O) groups excluding carboxylic acids is 1. The van der Waals surface area contributed by atoms with Crippen LogP contribution >= 0.6 is 0 Å². The molecule has 1 aromatic heterocycles. The number of hydrogen-bond donors (Lipinski definition) is 2. The van der Waals surface area contributed by atoms with E-state index in [2.05, 4.69) is 15.5 Å². The van der Waals surface area contributed by atoms with Crippen molar-refractivity contribution >= 4 is 11.6 Å². The van der Waals surface area contributed by atoms with Gasteiger partial charge in [-0.1, -0.05) is 0 Å². The highest BCUT2D eigenvalue weighted by atomic mass is 16.1. The largest absolute Gasteiger partial charge is 0.399 e. The first-order valence-electron chi connectivity index (χ1n) is 6.12. The zero-order valence-corrected chi connectivity index (χ0v) is 11.1. The van der Waals surface area contributed by atoms with Gasteiger partial charge in [0.25, 0.3) is 5.91 Å². The fourth-order valence-corrected chi connectivity index (χ4v) is 1.89. The fraction of sp³-hybridized carbons (Fsp3) is 0.308. The number of aryl methyl sites for hydroxylation is 2. The van der Waals surface area contributed by atoms with Crippen LogP contribution in [0.5, 0.6) is 0 Å². The van der Waals surface area contributed by atoms with E-state index < -0.39 is 0 Å². The standard InChI is InChI=1S/C13H17N5O/c1-3-18-8-16-17-12(18)7-15-13(19)10-4-9(2)5-11(14)6-10/h4-6,8H,3,7,14H2,1-2H3,(H,15,19). The van der Waals surface area contributed by atoms with E-state index in [1.165, 1.54) is 0 Å². The topological polar surface area (TPSA) is 85.8 Å². The van der Waals surface area contributed by atoms with Crippen LogP contribution < -0.4 is 11.1 Å². The molecule has 2 aromatic rings. The molecule has 0 spiro atoms. The van der Waals surface area contributed by atoms with Crippen LogP contribution in [0.1, 0.15) is 28.7 Å². The highest BCUT2D eigenvalue weighted by molar-refractivity contribution is 5.95. The molecule has 0 unspecified atom stereocenters. The summed E-state index contributed by atoms with van der Waals surface area (Å²) in [5, 5.41) is 10.6. The molecule has 0 fully saturated rings. The van der Waals surface area contributed by atoms with Gasteiger partial charge in [0, 0.05) is 17.8 Å². The third-order valence-corrected chi connectivity index (χ3v) is 2.81. The van der Waals surface area contributed by atoms with Crippen molar-refractivity contribution in [3.05, 3.63) is 41.5 Å². The van der Waals surface area contributed by atoms with Gasteiger partial charge in [0.15, 0.2) is 5.82 Å². The number of nitrogens with two attached hydrogens (primary N) is 1. The molecule has 0 atom stereocenters. The number of nitrogens with zero attached hydrogens (tertiary/aromatic N) is 3. The van der Waals surface area contributed by atoms with Crippen LogP contribution in [0.4, 0.5) is 5.69 Å². The SMILES string of the molecule is CCn1cnnc1CNC(=O)c1cc(C)cc(N)c1. The number of anilines is 1. The Morgan fingerprint density at radius 1 is 1.42 bits per heavy atom. The van der Waals surface area contributed by atoms with Crippen molar-refractivity contribution in [2.24, 2.45) is 0 Å². The minimum atomic E-state index is -0.166. The van der Waals surface area contributed by atoms with Crippen molar-refractivity contribution in [3.8, 4) is 0 Å². The number of aromatic nitrogens is 3. The van der Waals surface area contributed by atoms with E-state index in [4.69, 9.17) is 5.73 Å². The summed E-state index contributed by atoms with van der Waals surface area (Å²) in [6.07, 6.45) is 1.64. The van der Waals surface area contributed by atoms with Crippen LogP contribution in [0.2, 0.25) is 0 Å². The molecule has 6 nitrogen and oxygen atoms in total. The molecule has 1 heterocycles. The maximum Gasteiger partial charge on any atom is 0.251 e. The van der Waals surface area contributed by atoms with Crippen LogP contribution in [0.3, 0.4) is 0 Å². The summed E-state index contributed by atoms with van der Waals surface area (Å²) in [6, 6.07) is 5.29. The second-order valence-corrected chi connectivity index (χ2v) is 4.35. The Morgan fingerprint density at radius 3 is 2.89 bits per heavy atom. The number of hydrogen-bond acceptors (Lipinski definition) is 4. The van der Waals surface area contributed by atoms with E-state index in [1.807, 2.05) is 24.5 Å². The van der Waals surface area contributed by atoms with E-state index in [-0.39, 0.29) is 5.91 Å². The van der Waals surface area contributed by atoms with Gasteiger partial charge in [0.2, 0.25) is 0 Å². The first-order valence-corrected chi connectivity index (χ1v) is 6.12. The highest BCUT2D eigenvalue weighted by Crippen LogP contribution is 2.11. The molecule has 2 rings (SSSR count). The maximum absolute atomic E-state index is 12.0. The monoisotopic (exact) mass is 259 g/mol. The summed E-state index contributed by atoms with van der Waals surface area (Å²) in [4.78, 5) is 12.0. The van der Waals surface area contributed by atoms with Gasteiger partial charge in [0.05, 0.1) is 6.54 Å². The van der Waals surface area contributed by atoms with Gasteiger partial charge in [0.1, 0.15) is 6.33 Å². The molecule has 0 bridgehead atoms. The Kier molecular flexibility index (Phi) is 3.79. The quantitative estimate of drug-likeness (QED) is 0.806. The van der Waals surface area contributed by atoms with E-state index in [0.717, 1.165) is 17.9 Å². The normalized spacial score (nSPS) is 10.4. The fourth-order valence-electron chi connectivity index (χ4n) is 1.89. The van der Waals surface area contributed by atoms with Gasteiger partial charge in [-0.3, -0.25) is 4.79 Å². The van der Waals surface area contributed by atoms with Crippen LogP contribution in [0.25, 0.3) is 0 Å². The number of amides is 1. The van der Waals surface area contributed by atoms with Crippen LogP contribution in [-0.2, 0) is 13.1 Å². The molecule has 1 aromatic carbocycles. The van der Waals surface area contributed by atoms with Crippen LogP contribution in [-0.4, -0.2) is 20.7 Å². The maximum atomic E-state index is 12.0. The molecule has 100 valence electrons. The van der Waals surface area contributed by atoms with E-state index in [0.29, 0.717) is 17.8 Å². The number of nitrogen functional groups attached to an aromatic ring is 1. The average molecular weight is 259 g/mol. The van der Waals surface area contributed by atoms with Crippen molar-refractivity contribution in [2.75, 3.05) is 5.73 Å². The third kappa shape index (κ3) is 3.09. The summed E-state index contributed by atoms with van der Waals surface area (Å²) in [7, 11) is 0. The van der Waals surface area contributed by atoms with E-state index in [9.17, 15) is 4.79 Å². The first kappa shape index (κ1) is 13.1. The smallest absolute Gasteiger partial charge is 0.251 e. The van der Waals surface area contributed by atoms with Crippen molar-refractivity contribution in [1.29, 1.82) is 0 Å². The van der Waals surface area contributed by atoms with Gasteiger partial charge < -0.3 is 15.6 Å². The third-order valence-electron chi connectivity index (χ3n) is 2.81. The second-order valence-electron chi connectivity index (χ2n) is 4.35. The molecular weight excluding hydrogens is 242 g/mol. The lowest BCUT2D eigenvalue weighted by atomic mass is 10.1. The van der Waals surface area contributed by atoms with Crippen molar-refractivity contribution in [2.45, 2.75) is 26.9 Å². The molecule has 0 saturated heterocycles. The Morgan fingerprint density at radius 2 is 2.21 bits per heavy atom. The summed E-state index contributed by atoms with van der Waals surface area (Å²) >= 11 is 0. The van der Waals surface area contributed by atoms with Crippen molar-refractivity contribution in [3.63, 3.8) is 0 Å². The number of nitrogens with one attached hydrogen (secondary N) is 1. The predicted octanol–water partition coefficient (Wildman–Crippen LogP) is 1.12. The average Bonchev–Trinajstić information content (AvgIpc) is 2.82. The van der Waals surface area contributed by atoms with E-state index >= 15 is 0 Å². The van der Waals surface area contributed by atoms with Gasteiger partial charge in [-0.15, -0.1) is 10.2 Å². The summed E-state index contributed by atoms with van der Waals surface area (Å²) < 4.78 is 1.88. The minimum Gasteiger partial charge on any atom is -0.399 e. The zero-order chi connectivity index (χ0) is 13.8. The number of benzene rings is 1. The second kappa shape index (κ2) is 5.51. The van der Waals surface area contributed by atoms with Crippen molar-refractivity contribution < 1.29 is 4.79 Å². The lowest BCUT2D eigenvalue weighted by Gasteiger charge is -2.07. The molecule has 0 aliphatic carbocycles. The van der Waals surface area contributed by atoms with Gasteiger partial charge in [-0.05, 0) is 37.6 Å². The molecule has 3 N–H and O–H groups in total. The Balaban J connectivity index is 2.05. The van der Waals surface area contributed by atoms with Crippen LogP contribution in [0, 0.1) is 6.92 Å². The minimum absolute atomic E-state index is 0.166. The highest BCUT2D eigenvalue weighted by Gasteiger charge is 2.09. The van der Waals surface area contributed by atoms with Gasteiger partial charge >= 0.3 is 0 Å². The Hall–Kier alpha value is -2.37. The number of carbonyl (C=O) groups is 1. The molecule has 0 radical (unpaired) electrons. The molecule has 19 heavy (non-hydrogen) atoms. The Labute approximate surface area is 111 Å². The van der Waals surface area contributed by atoms with Gasteiger partial charge in [-0.25, -0.2) is 0 Å². The number of rotatable bonds is 4. The molecule has 1 amide bonds. The summed E-state index contributed by atoms with van der Waals surface area (Å²) in [5.41, 5.74) is 7.83. The molecule has 0 aliphatic heterocycles. The predicted molar refractivity (Wildman–Crippen MR) is 72.5 cm³/mol. The van der Waals surface area contributed by atoms with E-state index in [1.54, 1.807) is 18.5 Å². The first-order chi connectivity index (χ1) is 9.10. The van der Waals surface area contributed by atoms with Crippen LogP contribution in [0.15, 0.2) is 24.5 Å². The summed E-state index contributed by atoms with van der Waals surface area (Å²) in [5.74, 6) is 0.567. The lowest BCUT2D eigenvalue weighted by molar-refractivity contribution is 0.0949. The van der Waals surface area contributed by atoms with Crippen molar-refractivity contribution in [1.82, 2.24) is 20.1 Å². The Bertz CT molecular complexity index is 570. The molecular formula is C13H17N5O. The molecule has 0 aliphatic rings. The molecule has 6 heteroatoms. The summed E-state index contributed by atoms with van der Waals surface area (Å²) in [6.45, 7) is 5.02.